The van der Waals surface area contributed by atoms with Crippen molar-refractivity contribution >= 4 is 5.70 Å². The van der Waals surface area contributed by atoms with Gasteiger partial charge in [0.15, 0.2) is 0 Å². The first-order valence-electron chi connectivity index (χ1n) is 4.46. The highest BCUT2D eigenvalue weighted by Gasteiger charge is 2.14. The highest BCUT2D eigenvalue weighted by atomic mass is 16.1. The van der Waals surface area contributed by atoms with Gasteiger partial charge in [0.1, 0.15) is 5.82 Å². The van der Waals surface area contributed by atoms with Crippen molar-refractivity contribution in [3.8, 4) is 0 Å². The van der Waals surface area contributed by atoms with E-state index in [4.69, 9.17) is 0 Å². The molecule has 13 heavy (non-hydrogen) atoms. The summed E-state index contributed by atoms with van der Waals surface area (Å²) in [5.41, 5.74) is 1.68. The molecule has 68 valence electrons. The van der Waals surface area contributed by atoms with Gasteiger partial charge in [0.25, 0.3) is 5.56 Å². The summed E-state index contributed by atoms with van der Waals surface area (Å²) in [6.45, 7) is 5.72. The summed E-state index contributed by atoms with van der Waals surface area (Å²) < 4.78 is 1.64. The summed E-state index contributed by atoms with van der Waals surface area (Å²) in [5, 5.41) is 0. The van der Waals surface area contributed by atoms with Gasteiger partial charge in [-0.3, -0.25) is 9.36 Å². The molecule has 0 bridgehead atoms. The van der Waals surface area contributed by atoms with Crippen LogP contribution in [0.3, 0.4) is 0 Å². The van der Waals surface area contributed by atoms with Gasteiger partial charge in [0, 0.05) is 23.9 Å². The topological polar surface area (TPSA) is 34.9 Å². The lowest BCUT2D eigenvalue weighted by molar-refractivity contribution is 0.669. The SMILES string of the molecule is C=C1CCCc2nc(C)cc(=O)n21. The fraction of sp³-hybridized carbons (Fsp3) is 0.400. The molecule has 0 N–H and O–H groups in total. The normalized spacial score (nSPS) is 15.6. The zero-order chi connectivity index (χ0) is 9.42. The molecule has 0 aromatic carbocycles. The first kappa shape index (κ1) is 8.23. The van der Waals surface area contributed by atoms with E-state index >= 15 is 0 Å². The van der Waals surface area contributed by atoms with Crippen LogP contribution in [0.25, 0.3) is 5.70 Å². The first-order chi connectivity index (χ1) is 6.18. The van der Waals surface area contributed by atoms with E-state index in [0.29, 0.717) is 0 Å². The molecule has 0 fully saturated rings. The summed E-state index contributed by atoms with van der Waals surface area (Å²) in [7, 11) is 0. The van der Waals surface area contributed by atoms with Crippen LogP contribution < -0.4 is 5.56 Å². The quantitative estimate of drug-likeness (QED) is 0.598. The highest BCUT2D eigenvalue weighted by molar-refractivity contribution is 5.44. The minimum absolute atomic E-state index is 0.00667. The molecule has 1 aliphatic heterocycles. The third-order valence-corrected chi connectivity index (χ3v) is 2.30. The fourth-order valence-corrected chi connectivity index (χ4v) is 1.72. The van der Waals surface area contributed by atoms with Crippen LogP contribution in [0.2, 0.25) is 0 Å². The number of allylic oxidation sites excluding steroid dienone is 1. The minimum Gasteiger partial charge on any atom is -0.269 e. The molecular weight excluding hydrogens is 164 g/mol. The third-order valence-electron chi connectivity index (χ3n) is 2.30. The average molecular weight is 176 g/mol. The Bertz CT molecular complexity index is 417. The van der Waals surface area contributed by atoms with E-state index in [1.54, 1.807) is 10.6 Å². The summed E-state index contributed by atoms with van der Waals surface area (Å²) in [5.74, 6) is 0.862. The van der Waals surface area contributed by atoms with Crippen LogP contribution in [0.4, 0.5) is 0 Å². The molecule has 0 amide bonds. The number of hydrogen-bond acceptors (Lipinski definition) is 2. The molecule has 1 aliphatic rings. The average Bonchev–Trinajstić information content (AvgIpc) is 2.02. The van der Waals surface area contributed by atoms with Gasteiger partial charge < -0.3 is 0 Å². The number of nitrogens with zero attached hydrogens (tertiary/aromatic N) is 2. The number of rotatable bonds is 0. The van der Waals surface area contributed by atoms with Gasteiger partial charge >= 0.3 is 0 Å². The Kier molecular flexibility index (Phi) is 1.79. The van der Waals surface area contributed by atoms with Gasteiger partial charge in [-0.1, -0.05) is 6.58 Å². The minimum atomic E-state index is 0.00667. The summed E-state index contributed by atoms with van der Waals surface area (Å²) in [4.78, 5) is 15.9. The molecule has 0 saturated carbocycles. The van der Waals surface area contributed by atoms with E-state index in [9.17, 15) is 4.79 Å². The molecule has 0 aliphatic carbocycles. The predicted molar refractivity (Wildman–Crippen MR) is 51.5 cm³/mol. The van der Waals surface area contributed by atoms with Crippen molar-refractivity contribution in [3.05, 3.63) is 34.5 Å². The largest absolute Gasteiger partial charge is 0.269 e. The van der Waals surface area contributed by atoms with E-state index in [2.05, 4.69) is 11.6 Å². The highest BCUT2D eigenvalue weighted by Crippen LogP contribution is 2.18. The standard InChI is InChI=1S/C10H12N2O/c1-7-6-10(13)12-8(2)4-3-5-9(12)11-7/h6H,2-5H2,1H3. The maximum Gasteiger partial charge on any atom is 0.258 e. The zero-order valence-corrected chi connectivity index (χ0v) is 7.71. The third kappa shape index (κ3) is 1.30. The lowest BCUT2D eigenvalue weighted by Gasteiger charge is -2.19. The Morgan fingerprint density at radius 1 is 1.54 bits per heavy atom. The van der Waals surface area contributed by atoms with Crippen molar-refractivity contribution in [2.24, 2.45) is 0 Å². The fourth-order valence-electron chi connectivity index (χ4n) is 1.72. The molecule has 1 aromatic heterocycles. The Morgan fingerprint density at radius 3 is 3.08 bits per heavy atom. The van der Waals surface area contributed by atoms with Gasteiger partial charge in [-0.05, 0) is 19.8 Å². The van der Waals surface area contributed by atoms with Gasteiger partial charge in [0.2, 0.25) is 0 Å². The molecule has 2 heterocycles. The zero-order valence-electron chi connectivity index (χ0n) is 7.71. The first-order valence-corrected chi connectivity index (χ1v) is 4.46. The number of hydrogen-bond donors (Lipinski definition) is 0. The van der Waals surface area contributed by atoms with Crippen LogP contribution in [0.1, 0.15) is 24.4 Å². The van der Waals surface area contributed by atoms with Gasteiger partial charge in [-0.15, -0.1) is 0 Å². The van der Waals surface area contributed by atoms with Gasteiger partial charge in [-0.2, -0.15) is 0 Å². The molecule has 2 rings (SSSR count). The van der Waals surface area contributed by atoms with E-state index in [0.717, 1.165) is 36.5 Å². The van der Waals surface area contributed by atoms with Crippen LogP contribution in [0, 0.1) is 6.92 Å². The van der Waals surface area contributed by atoms with Crippen LogP contribution in [0.15, 0.2) is 17.4 Å². The van der Waals surface area contributed by atoms with Gasteiger partial charge in [-0.25, -0.2) is 4.98 Å². The number of aromatic nitrogens is 2. The van der Waals surface area contributed by atoms with E-state index in [1.165, 1.54) is 0 Å². The second-order valence-corrected chi connectivity index (χ2v) is 3.41. The van der Waals surface area contributed by atoms with Crippen LogP contribution >= 0.6 is 0 Å². The molecule has 0 unspecified atom stereocenters. The maximum atomic E-state index is 11.6. The molecule has 3 nitrogen and oxygen atoms in total. The Hall–Kier alpha value is -1.38. The molecule has 0 spiro atoms. The van der Waals surface area contributed by atoms with Crippen LogP contribution in [0.5, 0.6) is 0 Å². The number of fused-ring (bicyclic) bond motifs is 1. The monoisotopic (exact) mass is 176 g/mol. The van der Waals surface area contributed by atoms with E-state index in [1.807, 2.05) is 6.92 Å². The van der Waals surface area contributed by atoms with Crippen LogP contribution in [-0.2, 0) is 6.42 Å². The molecule has 0 saturated heterocycles. The molecule has 0 radical (unpaired) electrons. The lowest BCUT2D eigenvalue weighted by atomic mass is 10.1. The lowest BCUT2D eigenvalue weighted by Crippen LogP contribution is -2.26. The molecule has 3 heteroatoms. The van der Waals surface area contributed by atoms with Crippen molar-refractivity contribution in [3.63, 3.8) is 0 Å². The van der Waals surface area contributed by atoms with Crippen LogP contribution in [-0.4, -0.2) is 9.55 Å². The summed E-state index contributed by atoms with van der Waals surface area (Å²) in [6, 6.07) is 1.56. The number of aryl methyl sites for hydroxylation is 2. The van der Waals surface area contributed by atoms with Gasteiger partial charge in [0.05, 0.1) is 0 Å². The predicted octanol–water partition coefficient (Wildman–Crippen LogP) is 1.36. The Balaban J connectivity index is 2.70. The second-order valence-electron chi connectivity index (χ2n) is 3.41. The summed E-state index contributed by atoms with van der Waals surface area (Å²) in [6.07, 6.45) is 2.84. The van der Waals surface area contributed by atoms with Crippen molar-refractivity contribution in [1.82, 2.24) is 9.55 Å². The molecule has 1 aromatic rings. The van der Waals surface area contributed by atoms with E-state index in [-0.39, 0.29) is 5.56 Å². The van der Waals surface area contributed by atoms with Crippen molar-refractivity contribution < 1.29 is 0 Å². The Labute approximate surface area is 76.7 Å². The van der Waals surface area contributed by atoms with Crippen molar-refractivity contribution in [2.45, 2.75) is 26.2 Å². The Morgan fingerprint density at radius 2 is 2.31 bits per heavy atom. The van der Waals surface area contributed by atoms with Crippen molar-refractivity contribution in [1.29, 1.82) is 0 Å². The smallest absolute Gasteiger partial charge is 0.258 e. The van der Waals surface area contributed by atoms with E-state index < -0.39 is 0 Å². The maximum absolute atomic E-state index is 11.6. The van der Waals surface area contributed by atoms with Crippen molar-refractivity contribution in [2.75, 3.05) is 0 Å². The second kappa shape index (κ2) is 2.83. The molecular formula is C10H12N2O. The molecule has 0 atom stereocenters. The summed E-state index contributed by atoms with van der Waals surface area (Å²) >= 11 is 0.